The van der Waals surface area contributed by atoms with Crippen LogP contribution < -0.4 is 9.47 Å². The van der Waals surface area contributed by atoms with Crippen LogP contribution in [0.2, 0.25) is 0 Å². The minimum atomic E-state index is -0.439. The lowest BCUT2D eigenvalue weighted by molar-refractivity contribution is -0.135. The highest BCUT2D eigenvalue weighted by atomic mass is 32.1. The molecule has 196 valence electrons. The van der Waals surface area contributed by atoms with E-state index >= 15 is 0 Å². The average molecular weight is 525 g/mol. The molecule has 0 saturated carbocycles. The van der Waals surface area contributed by atoms with E-state index in [0.29, 0.717) is 24.4 Å². The van der Waals surface area contributed by atoms with Gasteiger partial charge in [-0.1, -0.05) is 38.5 Å². The summed E-state index contributed by atoms with van der Waals surface area (Å²) in [6.45, 7) is 5.20. The fraction of sp³-hybridized carbons (Fsp3) is 0.379. The first-order chi connectivity index (χ1) is 17.9. The van der Waals surface area contributed by atoms with Gasteiger partial charge in [-0.3, -0.25) is 9.59 Å². The standard InChI is InChI=1S/C29H33FN2O4S/c1-4-20(2)17-31(29(34)21-8-7-9-22(16-21)35-3)18-28(33)32-14-12-27-23(13-15-37-27)25(32)19-36-26-11-6-5-10-24(26)30/h5-11,13,15-16,20,25H,4,12,14,17-19H2,1-3H3/t20-,25+/m0/s1. The van der Waals surface area contributed by atoms with E-state index < -0.39 is 5.82 Å². The van der Waals surface area contributed by atoms with E-state index in [1.165, 1.54) is 10.9 Å². The molecule has 0 aliphatic carbocycles. The molecule has 8 heteroatoms. The van der Waals surface area contributed by atoms with Gasteiger partial charge in [0, 0.05) is 23.5 Å². The number of hydrogen-bond donors (Lipinski definition) is 0. The van der Waals surface area contributed by atoms with E-state index in [4.69, 9.17) is 9.47 Å². The number of amides is 2. The molecular formula is C29H33FN2O4S. The summed E-state index contributed by atoms with van der Waals surface area (Å²) in [4.78, 5) is 31.9. The summed E-state index contributed by atoms with van der Waals surface area (Å²) in [6.07, 6.45) is 1.63. The highest BCUT2D eigenvalue weighted by molar-refractivity contribution is 7.10. The van der Waals surface area contributed by atoms with Crippen LogP contribution in [0, 0.1) is 11.7 Å². The molecule has 3 aromatic rings. The van der Waals surface area contributed by atoms with Crippen molar-refractivity contribution in [1.29, 1.82) is 0 Å². The van der Waals surface area contributed by atoms with Gasteiger partial charge in [0.2, 0.25) is 5.91 Å². The van der Waals surface area contributed by atoms with Gasteiger partial charge < -0.3 is 19.3 Å². The van der Waals surface area contributed by atoms with Crippen molar-refractivity contribution in [3.63, 3.8) is 0 Å². The van der Waals surface area contributed by atoms with Crippen LogP contribution in [0.25, 0.3) is 0 Å². The van der Waals surface area contributed by atoms with Crippen LogP contribution in [0.4, 0.5) is 4.39 Å². The van der Waals surface area contributed by atoms with E-state index in [-0.39, 0.29) is 42.7 Å². The van der Waals surface area contributed by atoms with Crippen molar-refractivity contribution < 1.29 is 23.5 Å². The maximum atomic E-state index is 14.2. The molecular weight excluding hydrogens is 491 g/mol. The summed E-state index contributed by atoms with van der Waals surface area (Å²) in [5.41, 5.74) is 1.50. The van der Waals surface area contributed by atoms with E-state index in [9.17, 15) is 14.0 Å². The van der Waals surface area contributed by atoms with E-state index in [2.05, 4.69) is 13.8 Å². The van der Waals surface area contributed by atoms with Crippen molar-refractivity contribution in [2.45, 2.75) is 32.7 Å². The Morgan fingerprint density at radius 2 is 2.00 bits per heavy atom. The van der Waals surface area contributed by atoms with Gasteiger partial charge in [0.15, 0.2) is 11.6 Å². The third-order valence-electron chi connectivity index (χ3n) is 6.81. The maximum Gasteiger partial charge on any atom is 0.254 e. The number of halogens is 1. The first-order valence-electron chi connectivity index (χ1n) is 12.6. The Kier molecular flexibility index (Phi) is 8.82. The van der Waals surface area contributed by atoms with Crippen LogP contribution in [0.3, 0.4) is 0 Å². The molecule has 0 spiro atoms. The van der Waals surface area contributed by atoms with Crippen molar-refractivity contribution in [3.05, 3.63) is 81.8 Å². The van der Waals surface area contributed by atoms with Gasteiger partial charge in [0.25, 0.3) is 5.91 Å². The molecule has 1 aliphatic rings. The van der Waals surface area contributed by atoms with Gasteiger partial charge in [-0.25, -0.2) is 4.39 Å². The average Bonchev–Trinajstić information content (AvgIpc) is 3.40. The Bertz CT molecular complexity index is 1230. The van der Waals surface area contributed by atoms with Crippen LogP contribution in [-0.2, 0) is 11.2 Å². The summed E-state index contributed by atoms with van der Waals surface area (Å²) in [5, 5.41) is 2.01. The predicted octanol–water partition coefficient (Wildman–Crippen LogP) is 5.59. The number of para-hydroxylation sites is 1. The molecule has 2 amide bonds. The van der Waals surface area contributed by atoms with Gasteiger partial charge in [-0.2, -0.15) is 0 Å². The fourth-order valence-electron chi connectivity index (χ4n) is 4.52. The molecule has 0 unspecified atom stereocenters. The SMILES string of the molecule is CC[C@H](C)CN(CC(=O)N1CCc2sccc2[C@H]1COc1ccccc1F)C(=O)c1cccc(OC)c1. The number of rotatable bonds is 10. The molecule has 2 aromatic carbocycles. The molecule has 1 aromatic heterocycles. The van der Waals surface area contributed by atoms with Crippen molar-refractivity contribution >= 4 is 23.2 Å². The Balaban J connectivity index is 1.56. The lowest BCUT2D eigenvalue weighted by Crippen LogP contribution is -2.48. The van der Waals surface area contributed by atoms with Gasteiger partial charge in [0.1, 0.15) is 18.9 Å². The molecule has 6 nitrogen and oxygen atoms in total. The normalized spacial score (nSPS) is 15.6. The first kappa shape index (κ1) is 26.7. The zero-order valence-corrected chi connectivity index (χ0v) is 22.3. The third kappa shape index (κ3) is 6.31. The zero-order chi connectivity index (χ0) is 26.4. The number of hydrogen-bond acceptors (Lipinski definition) is 5. The lowest BCUT2D eigenvalue weighted by Gasteiger charge is -2.37. The van der Waals surface area contributed by atoms with Crippen molar-refractivity contribution in [3.8, 4) is 11.5 Å². The fourth-order valence-corrected chi connectivity index (χ4v) is 5.45. The summed E-state index contributed by atoms with van der Waals surface area (Å²) in [6, 6.07) is 14.9. The smallest absolute Gasteiger partial charge is 0.254 e. The van der Waals surface area contributed by atoms with Crippen molar-refractivity contribution in [1.82, 2.24) is 9.80 Å². The van der Waals surface area contributed by atoms with Crippen molar-refractivity contribution in [2.24, 2.45) is 5.92 Å². The summed E-state index contributed by atoms with van der Waals surface area (Å²) in [5.74, 6) is 0.173. The molecule has 0 fully saturated rings. The molecule has 2 heterocycles. The number of nitrogens with zero attached hydrogens (tertiary/aromatic N) is 2. The molecule has 37 heavy (non-hydrogen) atoms. The summed E-state index contributed by atoms with van der Waals surface area (Å²) >= 11 is 1.65. The Morgan fingerprint density at radius 1 is 1.19 bits per heavy atom. The Hall–Kier alpha value is -3.39. The topological polar surface area (TPSA) is 59.1 Å². The van der Waals surface area contributed by atoms with Crippen LogP contribution in [0.15, 0.2) is 60.0 Å². The number of benzene rings is 2. The molecule has 0 bridgehead atoms. The van der Waals surface area contributed by atoms with E-state index in [1.807, 2.05) is 11.4 Å². The highest BCUT2D eigenvalue weighted by Gasteiger charge is 2.34. The van der Waals surface area contributed by atoms with Gasteiger partial charge in [-0.15, -0.1) is 11.3 Å². The second-order valence-electron chi connectivity index (χ2n) is 9.32. The number of thiophene rings is 1. The molecule has 0 N–H and O–H groups in total. The molecule has 0 saturated heterocycles. The highest BCUT2D eigenvalue weighted by Crippen LogP contribution is 2.34. The largest absolute Gasteiger partial charge is 0.497 e. The van der Waals surface area contributed by atoms with Gasteiger partial charge in [-0.05, 0) is 59.7 Å². The first-order valence-corrected chi connectivity index (χ1v) is 13.5. The summed E-state index contributed by atoms with van der Waals surface area (Å²) in [7, 11) is 1.56. The van der Waals surface area contributed by atoms with Crippen molar-refractivity contribution in [2.75, 3.05) is 33.4 Å². The molecule has 2 atom stereocenters. The van der Waals surface area contributed by atoms with Gasteiger partial charge in [0.05, 0.1) is 13.2 Å². The van der Waals surface area contributed by atoms with Gasteiger partial charge >= 0.3 is 0 Å². The quantitative estimate of drug-likeness (QED) is 0.347. The zero-order valence-electron chi connectivity index (χ0n) is 21.5. The minimum Gasteiger partial charge on any atom is -0.497 e. The Morgan fingerprint density at radius 3 is 2.76 bits per heavy atom. The molecule has 4 rings (SSSR count). The molecule has 1 aliphatic heterocycles. The molecule has 0 radical (unpaired) electrons. The second kappa shape index (κ2) is 12.2. The number of ether oxygens (including phenoxy) is 2. The lowest BCUT2D eigenvalue weighted by atomic mass is 10.00. The third-order valence-corrected chi connectivity index (χ3v) is 7.80. The maximum absolute atomic E-state index is 14.2. The van der Waals surface area contributed by atoms with E-state index in [0.717, 1.165) is 18.4 Å². The monoisotopic (exact) mass is 524 g/mol. The van der Waals surface area contributed by atoms with E-state index in [1.54, 1.807) is 70.7 Å². The Labute approximate surface area is 221 Å². The minimum absolute atomic E-state index is 0.0456. The second-order valence-corrected chi connectivity index (χ2v) is 10.3. The number of carbonyl (C=O) groups is 2. The summed E-state index contributed by atoms with van der Waals surface area (Å²) < 4.78 is 25.4. The van der Waals surface area contributed by atoms with Crippen LogP contribution >= 0.6 is 11.3 Å². The van der Waals surface area contributed by atoms with Crippen LogP contribution in [0.1, 0.15) is 47.1 Å². The van der Waals surface area contributed by atoms with Crippen LogP contribution in [-0.4, -0.2) is 55.0 Å². The van der Waals surface area contributed by atoms with Crippen LogP contribution in [0.5, 0.6) is 11.5 Å². The number of carbonyl (C=O) groups excluding carboxylic acids is 2. The number of fused-ring (bicyclic) bond motifs is 1. The number of methoxy groups -OCH3 is 1. The predicted molar refractivity (Wildman–Crippen MR) is 143 cm³/mol.